The third-order valence-corrected chi connectivity index (χ3v) is 6.05. The molecule has 0 N–H and O–H groups in total. The van der Waals surface area contributed by atoms with Crippen molar-refractivity contribution in [1.82, 2.24) is 9.47 Å². The van der Waals surface area contributed by atoms with Crippen LogP contribution in [0.1, 0.15) is 64.0 Å². The zero-order valence-corrected chi connectivity index (χ0v) is 17.8. The van der Waals surface area contributed by atoms with Crippen LogP contribution in [0.3, 0.4) is 0 Å². The van der Waals surface area contributed by atoms with Crippen molar-refractivity contribution in [3.05, 3.63) is 71.4 Å². The van der Waals surface area contributed by atoms with E-state index in [1.165, 1.54) is 28.2 Å². The molecule has 1 aromatic rings. The lowest BCUT2D eigenvalue weighted by Crippen LogP contribution is -2.41. The standard InChI is InChI=1S/C24H33N3/c1-16(2)25-19(5)23-18(4)15-22-20(6)26(13-14-27(22)23)21(7)24(8)11-9-17(3)10-12-24/h9-11,15,20H,1,7,12-14H2,2-6,8H3. The maximum absolute atomic E-state index is 4.61. The zero-order chi connectivity index (χ0) is 19.9. The lowest BCUT2D eigenvalue weighted by atomic mass is 9.78. The van der Waals surface area contributed by atoms with Gasteiger partial charge in [0.05, 0.1) is 17.4 Å². The van der Waals surface area contributed by atoms with Gasteiger partial charge in [-0.05, 0) is 52.7 Å². The predicted molar refractivity (Wildman–Crippen MR) is 116 cm³/mol. The SMILES string of the molecule is C=C(C)N=C(C)c1c(C)cc2n1CCN(C(=C)C1(C)C=CC(C)=CC1)C2C. The van der Waals surface area contributed by atoms with E-state index in [1.54, 1.807) is 0 Å². The van der Waals surface area contributed by atoms with Gasteiger partial charge in [0.1, 0.15) is 0 Å². The van der Waals surface area contributed by atoms with Crippen LogP contribution in [0.15, 0.2) is 59.4 Å². The summed E-state index contributed by atoms with van der Waals surface area (Å²) in [7, 11) is 0. The maximum Gasteiger partial charge on any atom is 0.0663 e. The molecule has 0 saturated heterocycles. The van der Waals surface area contributed by atoms with Gasteiger partial charge in [-0.15, -0.1) is 0 Å². The molecule has 0 saturated carbocycles. The molecular formula is C24H33N3. The molecule has 2 heterocycles. The number of allylic oxidation sites excluding steroid dienone is 5. The minimum absolute atomic E-state index is 0.00225. The molecule has 0 radical (unpaired) electrons. The fourth-order valence-corrected chi connectivity index (χ4v) is 4.41. The zero-order valence-electron chi connectivity index (χ0n) is 17.8. The van der Waals surface area contributed by atoms with E-state index >= 15 is 0 Å². The summed E-state index contributed by atoms with van der Waals surface area (Å²) in [5.41, 5.74) is 8.33. The molecule has 0 spiro atoms. The van der Waals surface area contributed by atoms with E-state index in [9.17, 15) is 0 Å². The van der Waals surface area contributed by atoms with Gasteiger partial charge >= 0.3 is 0 Å². The van der Waals surface area contributed by atoms with E-state index in [1.807, 2.05) is 6.92 Å². The van der Waals surface area contributed by atoms with Crippen LogP contribution in [-0.4, -0.2) is 21.7 Å². The topological polar surface area (TPSA) is 20.5 Å². The van der Waals surface area contributed by atoms with E-state index < -0.39 is 0 Å². The first-order valence-electron chi connectivity index (χ1n) is 9.87. The minimum atomic E-state index is -0.00225. The third-order valence-electron chi connectivity index (χ3n) is 6.05. The minimum Gasteiger partial charge on any atom is -0.365 e. The van der Waals surface area contributed by atoms with Gasteiger partial charge in [0.15, 0.2) is 0 Å². The Bertz CT molecular complexity index is 878. The molecule has 0 bridgehead atoms. The summed E-state index contributed by atoms with van der Waals surface area (Å²) in [6, 6.07) is 2.62. The monoisotopic (exact) mass is 363 g/mol. The largest absolute Gasteiger partial charge is 0.365 e. The lowest BCUT2D eigenvalue weighted by Gasteiger charge is -2.44. The van der Waals surface area contributed by atoms with Crippen molar-refractivity contribution in [3.63, 3.8) is 0 Å². The third kappa shape index (κ3) is 3.47. The number of aliphatic imine (C=N–C) groups is 1. The highest BCUT2D eigenvalue weighted by molar-refractivity contribution is 5.99. The highest BCUT2D eigenvalue weighted by Crippen LogP contribution is 2.42. The summed E-state index contributed by atoms with van der Waals surface area (Å²) in [5, 5.41) is 0. The van der Waals surface area contributed by atoms with Gasteiger partial charge in [0, 0.05) is 35.6 Å². The molecule has 3 rings (SSSR count). The van der Waals surface area contributed by atoms with Crippen LogP contribution < -0.4 is 0 Å². The van der Waals surface area contributed by atoms with E-state index in [0.717, 1.165) is 30.9 Å². The Morgan fingerprint density at radius 1 is 1.22 bits per heavy atom. The molecule has 1 aromatic heterocycles. The quantitative estimate of drug-likeness (QED) is 0.606. The Kier molecular flexibility index (Phi) is 5.07. The van der Waals surface area contributed by atoms with Crippen molar-refractivity contribution in [1.29, 1.82) is 0 Å². The summed E-state index contributed by atoms with van der Waals surface area (Å²) >= 11 is 0. The molecule has 0 aromatic carbocycles. The van der Waals surface area contributed by atoms with Gasteiger partial charge in [-0.3, -0.25) is 4.99 Å². The summed E-state index contributed by atoms with van der Waals surface area (Å²) in [6.07, 6.45) is 7.90. The lowest BCUT2D eigenvalue weighted by molar-refractivity contribution is 0.182. The second kappa shape index (κ2) is 7.03. The molecule has 3 nitrogen and oxygen atoms in total. The fourth-order valence-electron chi connectivity index (χ4n) is 4.41. The number of hydrogen-bond acceptors (Lipinski definition) is 2. The number of rotatable bonds is 4. The maximum atomic E-state index is 4.61. The Morgan fingerprint density at radius 2 is 1.93 bits per heavy atom. The molecule has 3 heteroatoms. The van der Waals surface area contributed by atoms with Gasteiger partial charge in [0.25, 0.3) is 0 Å². The van der Waals surface area contributed by atoms with Crippen LogP contribution in [0.25, 0.3) is 0 Å². The summed E-state index contributed by atoms with van der Waals surface area (Å²) in [5.74, 6) is 0. The van der Waals surface area contributed by atoms with Crippen LogP contribution >= 0.6 is 0 Å². The Balaban J connectivity index is 1.92. The van der Waals surface area contributed by atoms with E-state index in [-0.39, 0.29) is 5.41 Å². The van der Waals surface area contributed by atoms with Gasteiger partial charge in [-0.2, -0.15) is 0 Å². The molecule has 1 aliphatic carbocycles. The molecule has 2 atom stereocenters. The van der Waals surface area contributed by atoms with Crippen molar-refractivity contribution in [2.75, 3.05) is 6.54 Å². The molecule has 2 aliphatic rings. The average Bonchev–Trinajstić information content (AvgIpc) is 2.94. The highest BCUT2D eigenvalue weighted by Gasteiger charge is 2.35. The number of fused-ring (bicyclic) bond motifs is 1. The van der Waals surface area contributed by atoms with Crippen molar-refractivity contribution in [2.24, 2.45) is 10.4 Å². The second-order valence-corrected chi connectivity index (χ2v) is 8.40. The van der Waals surface area contributed by atoms with Gasteiger partial charge < -0.3 is 9.47 Å². The molecule has 0 fully saturated rings. The fraction of sp³-hybridized carbons (Fsp3) is 0.458. The second-order valence-electron chi connectivity index (χ2n) is 8.40. The van der Waals surface area contributed by atoms with E-state index in [4.69, 9.17) is 0 Å². The Hall–Kier alpha value is -2.29. The number of hydrogen-bond donors (Lipinski definition) is 0. The Morgan fingerprint density at radius 3 is 2.52 bits per heavy atom. The molecule has 1 aliphatic heterocycles. The van der Waals surface area contributed by atoms with Crippen molar-refractivity contribution in [2.45, 2.75) is 60.5 Å². The summed E-state index contributed by atoms with van der Waals surface area (Å²) in [6.45, 7) is 23.4. The number of aromatic nitrogens is 1. The summed E-state index contributed by atoms with van der Waals surface area (Å²) in [4.78, 5) is 7.10. The highest BCUT2D eigenvalue weighted by atomic mass is 15.2. The van der Waals surface area contributed by atoms with Gasteiger partial charge in [0.2, 0.25) is 0 Å². The van der Waals surface area contributed by atoms with Crippen molar-refractivity contribution < 1.29 is 0 Å². The average molecular weight is 364 g/mol. The number of aryl methyl sites for hydroxylation is 1. The van der Waals surface area contributed by atoms with Crippen LogP contribution in [0.4, 0.5) is 0 Å². The smallest absolute Gasteiger partial charge is 0.0663 e. The first kappa shape index (κ1) is 19.5. The van der Waals surface area contributed by atoms with Crippen LogP contribution in [-0.2, 0) is 6.54 Å². The van der Waals surface area contributed by atoms with Crippen LogP contribution in [0.5, 0.6) is 0 Å². The predicted octanol–water partition coefficient (Wildman–Crippen LogP) is 5.94. The van der Waals surface area contributed by atoms with Gasteiger partial charge in [-0.1, -0.05) is 43.9 Å². The molecule has 144 valence electrons. The molecule has 0 amide bonds. The van der Waals surface area contributed by atoms with Crippen molar-refractivity contribution in [3.8, 4) is 0 Å². The van der Waals surface area contributed by atoms with E-state index in [2.05, 4.69) is 86.5 Å². The Labute approximate surface area is 164 Å². The first-order chi connectivity index (χ1) is 12.6. The normalized spacial score (nSPS) is 25.3. The van der Waals surface area contributed by atoms with Gasteiger partial charge in [-0.25, -0.2) is 0 Å². The van der Waals surface area contributed by atoms with Crippen LogP contribution in [0.2, 0.25) is 0 Å². The van der Waals surface area contributed by atoms with E-state index in [0.29, 0.717) is 6.04 Å². The summed E-state index contributed by atoms with van der Waals surface area (Å²) < 4.78 is 2.44. The molecule has 2 unspecified atom stereocenters. The number of nitrogens with zero attached hydrogens (tertiary/aromatic N) is 3. The van der Waals surface area contributed by atoms with Crippen LogP contribution in [0, 0.1) is 12.3 Å². The molecule has 27 heavy (non-hydrogen) atoms. The van der Waals surface area contributed by atoms with Crippen molar-refractivity contribution >= 4 is 5.71 Å². The molecular weight excluding hydrogens is 330 g/mol. The first-order valence-corrected chi connectivity index (χ1v) is 9.87.